The molecule has 3 atom stereocenters. The molecule has 0 radical (unpaired) electrons. The zero-order valence-corrected chi connectivity index (χ0v) is 12.0. The maximum atomic E-state index is 6.28. The van der Waals surface area contributed by atoms with Gasteiger partial charge in [0.15, 0.2) is 0 Å². The van der Waals surface area contributed by atoms with Gasteiger partial charge in [-0.15, -0.1) is 11.6 Å². The van der Waals surface area contributed by atoms with Gasteiger partial charge in [-0.05, 0) is 31.0 Å². The van der Waals surface area contributed by atoms with Crippen LogP contribution in [0.3, 0.4) is 0 Å². The molecular weight excluding hydrogens is 255 g/mol. The highest BCUT2D eigenvalue weighted by Gasteiger charge is 2.51. The Morgan fingerprint density at radius 3 is 2.76 bits per heavy atom. The van der Waals surface area contributed by atoms with E-state index in [0.29, 0.717) is 5.02 Å². The zero-order valence-electron chi connectivity index (χ0n) is 10.5. The van der Waals surface area contributed by atoms with Gasteiger partial charge in [0, 0.05) is 17.2 Å². The molecule has 3 heteroatoms. The topological polar surface area (TPSA) is 9.23 Å². The summed E-state index contributed by atoms with van der Waals surface area (Å²) in [5.41, 5.74) is 1.22. The van der Waals surface area contributed by atoms with Crippen molar-refractivity contribution in [3.63, 3.8) is 0 Å². The van der Waals surface area contributed by atoms with Crippen molar-refractivity contribution in [1.82, 2.24) is 0 Å². The Hall–Kier alpha value is -0.400. The monoisotopic (exact) mass is 272 g/mol. The smallest absolute Gasteiger partial charge is 0.138 e. The third-order valence-corrected chi connectivity index (χ3v) is 4.98. The molecule has 0 aromatic heterocycles. The molecule has 0 bridgehead atoms. The first kappa shape index (κ1) is 13.0. The van der Waals surface area contributed by atoms with Crippen molar-refractivity contribution in [2.45, 2.75) is 45.1 Å². The van der Waals surface area contributed by atoms with E-state index in [1.54, 1.807) is 0 Å². The number of aryl methyl sites for hydroxylation is 1. The summed E-state index contributed by atoms with van der Waals surface area (Å²) in [5, 5.41) is 0.883. The Balaban J connectivity index is 2.14. The van der Waals surface area contributed by atoms with Crippen molar-refractivity contribution in [2.75, 3.05) is 0 Å². The summed E-state index contributed by atoms with van der Waals surface area (Å²) in [6, 6.07) is 5.85. The lowest BCUT2D eigenvalue weighted by atomic mass is 9.65. The molecule has 1 aliphatic rings. The maximum absolute atomic E-state index is 6.28. The molecule has 1 fully saturated rings. The largest absolute Gasteiger partial charge is 0.488 e. The van der Waals surface area contributed by atoms with Gasteiger partial charge < -0.3 is 4.74 Å². The number of ether oxygens (including phenoxy) is 1. The third-order valence-electron chi connectivity index (χ3n) is 3.99. The van der Waals surface area contributed by atoms with Gasteiger partial charge in [-0.3, -0.25) is 0 Å². The third kappa shape index (κ3) is 2.28. The van der Waals surface area contributed by atoms with Gasteiger partial charge in [-0.25, -0.2) is 0 Å². The fraction of sp³-hybridized carbons (Fsp3) is 0.571. The number of benzene rings is 1. The Morgan fingerprint density at radius 2 is 2.18 bits per heavy atom. The molecule has 1 nitrogen and oxygen atoms in total. The summed E-state index contributed by atoms with van der Waals surface area (Å²) in [5.74, 6) is 0.778. The first-order valence-electron chi connectivity index (χ1n) is 6.04. The van der Waals surface area contributed by atoms with Gasteiger partial charge in [0.1, 0.15) is 11.9 Å². The Morgan fingerprint density at radius 1 is 1.47 bits per heavy atom. The van der Waals surface area contributed by atoms with E-state index in [4.69, 9.17) is 27.9 Å². The molecular formula is C14H18Cl2O. The summed E-state index contributed by atoms with van der Waals surface area (Å²) in [4.78, 5) is 0. The van der Waals surface area contributed by atoms with Gasteiger partial charge in [-0.2, -0.15) is 0 Å². The van der Waals surface area contributed by atoms with E-state index in [0.717, 1.165) is 24.2 Å². The van der Waals surface area contributed by atoms with Crippen LogP contribution >= 0.6 is 23.2 Å². The fourth-order valence-corrected chi connectivity index (χ4v) is 2.87. The minimum Gasteiger partial charge on any atom is -0.488 e. The summed E-state index contributed by atoms with van der Waals surface area (Å²) in [6.45, 7) is 6.37. The van der Waals surface area contributed by atoms with Gasteiger partial charge in [0.05, 0.1) is 5.02 Å². The van der Waals surface area contributed by atoms with Crippen LogP contribution in [-0.4, -0.2) is 11.5 Å². The van der Waals surface area contributed by atoms with E-state index in [2.05, 4.69) is 13.8 Å². The van der Waals surface area contributed by atoms with E-state index in [9.17, 15) is 0 Å². The highest BCUT2D eigenvalue weighted by molar-refractivity contribution is 6.32. The molecule has 0 amide bonds. The molecule has 17 heavy (non-hydrogen) atoms. The minimum absolute atomic E-state index is 0.0641. The van der Waals surface area contributed by atoms with Crippen LogP contribution in [0.15, 0.2) is 18.2 Å². The lowest BCUT2D eigenvalue weighted by molar-refractivity contribution is -0.0294. The van der Waals surface area contributed by atoms with Crippen molar-refractivity contribution in [3.05, 3.63) is 28.8 Å². The number of alkyl halides is 1. The zero-order chi connectivity index (χ0) is 12.6. The van der Waals surface area contributed by atoms with E-state index in [1.165, 1.54) is 0 Å². The van der Waals surface area contributed by atoms with Gasteiger partial charge in [-0.1, -0.05) is 31.5 Å². The number of rotatable bonds is 3. The molecule has 0 aliphatic heterocycles. The van der Waals surface area contributed by atoms with E-state index in [-0.39, 0.29) is 16.9 Å². The predicted molar refractivity (Wildman–Crippen MR) is 73.3 cm³/mol. The highest BCUT2D eigenvalue weighted by atomic mass is 35.5. The molecule has 1 saturated carbocycles. The summed E-state index contributed by atoms with van der Waals surface area (Å²) >= 11 is 12.4. The lowest BCUT2D eigenvalue weighted by Gasteiger charge is -2.50. The molecule has 1 aromatic rings. The van der Waals surface area contributed by atoms with Crippen molar-refractivity contribution in [1.29, 1.82) is 0 Å². The molecule has 2 rings (SSSR count). The minimum atomic E-state index is 0.0641. The number of halogens is 2. The normalized spacial score (nSPS) is 32.1. The Bertz CT molecular complexity index is 419. The van der Waals surface area contributed by atoms with Crippen molar-refractivity contribution < 1.29 is 4.74 Å². The van der Waals surface area contributed by atoms with Crippen LogP contribution in [0.25, 0.3) is 0 Å². The average molecular weight is 273 g/mol. The second kappa shape index (κ2) is 4.70. The summed E-state index contributed by atoms with van der Waals surface area (Å²) in [7, 11) is 0. The Kier molecular flexibility index (Phi) is 3.61. The van der Waals surface area contributed by atoms with Crippen LogP contribution in [0.2, 0.25) is 5.02 Å². The highest BCUT2D eigenvalue weighted by Crippen LogP contribution is 2.49. The van der Waals surface area contributed by atoms with Crippen LogP contribution in [0, 0.1) is 12.3 Å². The van der Waals surface area contributed by atoms with Crippen LogP contribution < -0.4 is 4.74 Å². The van der Waals surface area contributed by atoms with Crippen LogP contribution in [0.4, 0.5) is 0 Å². The van der Waals surface area contributed by atoms with E-state index < -0.39 is 0 Å². The molecule has 3 unspecified atom stereocenters. The Labute approximate surface area is 113 Å². The molecule has 0 N–H and O–H groups in total. The quantitative estimate of drug-likeness (QED) is 0.717. The molecule has 0 spiro atoms. The SMILES string of the molecule is CCC1(C)C(Cl)CC1Oc1cc(C)ccc1Cl. The summed E-state index contributed by atoms with van der Waals surface area (Å²) < 4.78 is 6.02. The molecule has 1 aromatic carbocycles. The van der Waals surface area contributed by atoms with Gasteiger partial charge in [0.25, 0.3) is 0 Å². The first-order valence-corrected chi connectivity index (χ1v) is 6.85. The van der Waals surface area contributed by atoms with E-state index >= 15 is 0 Å². The summed E-state index contributed by atoms with van der Waals surface area (Å²) in [6.07, 6.45) is 2.10. The van der Waals surface area contributed by atoms with Crippen LogP contribution in [-0.2, 0) is 0 Å². The fourth-order valence-electron chi connectivity index (χ4n) is 2.25. The average Bonchev–Trinajstić information content (AvgIpc) is 2.32. The molecule has 0 saturated heterocycles. The first-order chi connectivity index (χ1) is 7.97. The molecule has 0 heterocycles. The van der Waals surface area contributed by atoms with E-state index in [1.807, 2.05) is 25.1 Å². The van der Waals surface area contributed by atoms with Crippen molar-refractivity contribution >= 4 is 23.2 Å². The van der Waals surface area contributed by atoms with Crippen molar-refractivity contribution in [3.8, 4) is 5.75 Å². The molecule has 1 aliphatic carbocycles. The lowest BCUT2D eigenvalue weighted by Crippen LogP contribution is -2.55. The number of hydrogen-bond donors (Lipinski definition) is 0. The van der Waals surface area contributed by atoms with Gasteiger partial charge >= 0.3 is 0 Å². The van der Waals surface area contributed by atoms with Crippen LogP contribution in [0.1, 0.15) is 32.3 Å². The second-order valence-electron chi connectivity index (χ2n) is 5.10. The standard InChI is InChI=1S/C14H18Cl2O/c1-4-14(3)12(16)8-13(14)17-11-7-9(2)5-6-10(11)15/h5-7,12-13H,4,8H2,1-3H3. The van der Waals surface area contributed by atoms with Crippen LogP contribution in [0.5, 0.6) is 5.75 Å². The van der Waals surface area contributed by atoms with Crippen molar-refractivity contribution in [2.24, 2.45) is 5.41 Å². The second-order valence-corrected chi connectivity index (χ2v) is 6.04. The predicted octanol–water partition coefficient (Wildman–Crippen LogP) is 4.82. The number of hydrogen-bond acceptors (Lipinski definition) is 1. The molecule has 94 valence electrons. The maximum Gasteiger partial charge on any atom is 0.138 e. The van der Waals surface area contributed by atoms with Gasteiger partial charge in [0.2, 0.25) is 0 Å².